The summed E-state index contributed by atoms with van der Waals surface area (Å²) >= 11 is 2.45. The van der Waals surface area contributed by atoms with E-state index in [1.807, 2.05) is 13.8 Å². The van der Waals surface area contributed by atoms with Crippen molar-refractivity contribution in [2.75, 3.05) is 6.61 Å². The van der Waals surface area contributed by atoms with Crippen LogP contribution in [0.3, 0.4) is 0 Å². The first kappa shape index (κ1) is 26.6. The lowest BCUT2D eigenvalue weighted by Gasteiger charge is -2.19. The molecule has 0 saturated carbocycles. The van der Waals surface area contributed by atoms with Crippen LogP contribution in [0.5, 0.6) is 0 Å². The lowest BCUT2D eigenvalue weighted by molar-refractivity contribution is -0.123. The first-order valence-corrected chi connectivity index (χ1v) is 12.1. The Balaban J connectivity index is 2.14. The molecular formula is C21H29N5O5S2. The Bertz CT molecular complexity index is 1010. The van der Waals surface area contributed by atoms with Gasteiger partial charge in [0.1, 0.15) is 21.8 Å². The van der Waals surface area contributed by atoms with Crippen molar-refractivity contribution in [2.24, 2.45) is 11.7 Å². The zero-order valence-electron chi connectivity index (χ0n) is 19.1. The first-order chi connectivity index (χ1) is 15.6. The van der Waals surface area contributed by atoms with Gasteiger partial charge in [-0.2, -0.15) is 0 Å². The fourth-order valence-electron chi connectivity index (χ4n) is 2.64. The molecule has 2 heterocycles. The number of hydrogen-bond donors (Lipinski definition) is 4. The fraction of sp³-hybridized carbons (Fsp3) is 0.476. The van der Waals surface area contributed by atoms with Crippen molar-refractivity contribution in [1.82, 2.24) is 20.6 Å². The Kier molecular flexibility index (Phi) is 9.65. The Morgan fingerprint density at radius 3 is 2.42 bits per heavy atom. The van der Waals surface area contributed by atoms with Gasteiger partial charge in [-0.25, -0.2) is 14.8 Å². The second-order valence-corrected chi connectivity index (χ2v) is 9.23. The third kappa shape index (κ3) is 6.90. The van der Waals surface area contributed by atoms with E-state index < -0.39 is 36.0 Å². The molecule has 0 fully saturated rings. The smallest absolute Gasteiger partial charge is 0.357 e. The zero-order chi connectivity index (χ0) is 24.7. The van der Waals surface area contributed by atoms with Crippen LogP contribution >= 0.6 is 22.7 Å². The summed E-state index contributed by atoms with van der Waals surface area (Å²) in [7, 11) is 0. The number of aliphatic hydroxyl groups excluding tert-OH is 1. The Labute approximate surface area is 200 Å². The summed E-state index contributed by atoms with van der Waals surface area (Å²) in [6.45, 7) is 8.97. The summed E-state index contributed by atoms with van der Waals surface area (Å²) in [6, 6.07) is -1.52. The molecule has 2 aromatic rings. The lowest BCUT2D eigenvalue weighted by Crippen LogP contribution is -2.46. The van der Waals surface area contributed by atoms with Crippen LogP contribution in [-0.2, 0) is 9.53 Å². The number of carbonyl (C=O) groups is 3. The summed E-state index contributed by atoms with van der Waals surface area (Å²) in [5.41, 5.74) is 6.44. The van der Waals surface area contributed by atoms with Gasteiger partial charge in [0.2, 0.25) is 5.91 Å². The maximum absolute atomic E-state index is 12.9. The SMILES string of the molecule is C/C=C(\NC(=O)[C@@H](N)[C@@H](C)O)c1nc(C(=O)N[C@H](c2nc(C(=O)OCC)cs2)C(C)C)cs1. The van der Waals surface area contributed by atoms with E-state index in [1.54, 1.807) is 30.7 Å². The molecule has 0 aliphatic heterocycles. The largest absolute Gasteiger partial charge is 0.461 e. The molecule has 33 heavy (non-hydrogen) atoms. The van der Waals surface area contributed by atoms with Crippen molar-refractivity contribution >= 4 is 46.2 Å². The molecular weight excluding hydrogens is 466 g/mol. The van der Waals surface area contributed by atoms with Gasteiger partial charge >= 0.3 is 5.97 Å². The van der Waals surface area contributed by atoms with Crippen molar-refractivity contribution in [1.29, 1.82) is 0 Å². The molecule has 0 bridgehead atoms. The van der Waals surface area contributed by atoms with Crippen LogP contribution in [-0.4, -0.2) is 51.6 Å². The van der Waals surface area contributed by atoms with Crippen molar-refractivity contribution in [3.63, 3.8) is 0 Å². The van der Waals surface area contributed by atoms with Gasteiger partial charge in [-0.15, -0.1) is 22.7 Å². The quantitative estimate of drug-likeness (QED) is 0.365. The molecule has 5 N–H and O–H groups in total. The predicted octanol–water partition coefficient (Wildman–Crippen LogP) is 2.09. The van der Waals surface area contributed by atoms with Gasteiger partial charge in [-0.1, -0.05) is 19.9 Å². The number of nitrogens with one attached hydrogen (secondary N) is 2. The molecule has 180 valence electrons. The number of rotatable bonds is 10. The van der Waals surface area contributed by atoms with Crippen molar-refractivity contribution in [3.8, 4) is 0 Å². The van der Waals surface area contributed by atoms with Crippen LogP contribution in [0.1, 0.15) is 71.7 Å². The van der Waals surface area contributed by atoms with E-state index in [1.165, 1.54) is 29.6 Å². The zero-order valence-corrected chi connectivity index (χ0v) is 20.8. The number of thiazole rings is 2. The van der Waals surface area contributed by atoms with E-state index in [-0.39, 0.29) is 23.9 Å². The van der Waals surface area contributed by atoms with Gasteiger partial charge in [0.05, 0.1) is 24.4 Å². The monoisotopic (exact) mass is 495 g/mol. The number of carbonyl (C=O) groups excluding carboxylic acids is 3. The number of amides is 2. The highest BCUT2D eigenvalue weighted by Crippen LogP contribution is 2.26. The van der Waals surface area contributed by atoms with Gasteiger partial charge in [-0.05, 0) is 26.7 Å². The molecule has 2 rings (SSSR count). The second-order valence-electron chi connectivity index (χ2n) is 7.48. The summed E-state index contributed by atoms with van der Waals surface area (Å²) in [5.74, 6) is -1.47. The maximum Gasteiger partial charge on any atom is 0.357 e. The van der Waals surface area contributed by atoms with Crippen molar-refractivity contribution < 1.29 is 24.2 Å². The molecule has 0 aliphatic rings. The van der Waals surface area contributed by atoms with E-state index >= 15 is 0 Å². The molecule has 2 amide bonds. The number of aliphatic hydroxyl groups is 1. The minimum Gasteiger partial charge on any atom is -0.461 e. The van der Waals surface area contributed by atoms with Crippen LogP contribution in [0, 0.1) is 5.92 Å². The number of ether oxygens (including phenoxy) is 1. The molecule has 12 heteroatoms. The standard InChI is InChI=1S/C21H29N5O5S2/c1-6-12(23-18(29)15(22)11(5)27)19-24-13(8-32-19)17(28)26-16(10(3)4)20-25-14(9-33-20)21(30)31-7-2/h6,8-11,15-16,27H,7,22H2,1-5H3,(H,23,29)(H,26,28)/b12-6-/t11-,15+,16+/m1/s1. The molecule has 0 spiro atoms. The number of aromatic nitrogens is 2. The Hall–Kier alpha value is -2.67. The summed E-state index contributed by atoms with van der Waals surface area (Å²) in [6.07, 6.45) is 0.625. The van der Waals surface area contributed by atoms with Crippen LogP contribution in [0.25, 0.3) is 5.70 Å². The Morgan fingerprint density at radius 1 is 1.18 bits per heavy atom. The third-order valence-corrected chi connectivity index (χ3v) is 6.37. The first-order valence-electron chi connectivity index (χ1n) is 10.4. The second kappa shape index (κ2) is 12.0. The minimum atomic E-state index is -1.09. The number of nitrogens with zero attached hydrogens (tertiary/aromatic N) is 2. The topological polar surface area (TPSA) is 157 Å². The lowest BCUT2D eigenvalue weighted by atomic mass is 10.1. The molecule has 0 saturated heterocycles. The highest BCUT2D eigenvalue weighted by molar-refractivity contribution is 7.11. The average Bonchev–Trinajstić information content (AvgIpc) is 3.45. The third-order valence-electron chi connectivity index (χ3n) is 4.56. The summed E-state index contributed by atoms with van der Waals surface area (Å²) in [4.78, 5) is 45.6. The molecule has 0 unspecified atom stereocenters. The van der Waals surface area contributed by atoms with Crippen LogP contribution in [0.4, 0.5) is 0 Å². The highest BCUT2D eigenvalue weighted by atomic mass is 32.1. The highest BCUT2D eigenvalue weighted by Gasteiger charge is 2.26. The van der Waals surface area contributed by atoms with Crippen LogP contribution in [0.15, 0.2) is 16.8 Å². The van der Waals surface area contributed by atoms with Gasteiger partial charge in [0.15, 0.2) is 5.69 Å². The minimum absolute atomic E-state index is 0.000553. The van der Waals surface area contributed by atoms with Crippen molar-refractivity contribution in [3.05, 3.63) is 38.2 Å². The van der Waals surface area contributed by atoms with E-state index in [4.69, 9.17) is 10.5 Å². The number of hydrogen-bond acceptors (Lipinski definition) is 10. The predicted molar refractivity (Wildman–Crippen MR) is 127 cm³/mol. The van der Waals surface area contributed by atoms with E-state index in [2.05, 4.69) is 20.6 Å². The average molecular weight is 496 g/mol. The molecule has 0 radical (unpaired) electrons. The van der Waals surface area contributed by atoms with Crippen molar-refractivity contribution in [2.45, 2.75) is 52.8 Å². The summed E-state index contributed by atoms with van der Waals surface area (Å²) in [5, 5.41) is 19.2. The molecule has 0 aromatic carbocycles. The van der Waals surface area contributed by atoms with Gasteiger partial charge in [0, 0.05) is 10.8 Å². The number of nitrogens with two attached hydrogens (primary N) is 1. The fourth-order valence-corrected chi connectivity index (χ4v) is 4.48. The van der Waals surface area contributed by atoms with Crippen LogP contribution < -0.4 is 16.4 Å². The molecule has 10 nitrogen and oxygen atoms in total. The Morgan fingerprint density at radius 2 is 1.85 bits per heavy atom. The van der Waals surface area contributed by atoms with E-state index in [0.29, 0.717) is 15.7 Å². The molecule has 3 atom stereocenters. The van der Waals surface area contributed by atoms with Gasteiger partial charge in [0.25, 0.3) is 5.91 Å². The number of allylic oxidation sites excluding steroid dienone is 1. The normalized spacial score (nSPS) is 14.5. The maximum atomic E-state index is 12.9. The van der Waals surface area contributed by atoms with E-state index in [0.717, 1.165) is 0 Å². The summed E-state index contributed by atoms with van der Waals surface area (Å²) < 4.78 is 4.98. The van der Waals surface area contributed by atoms with Crippen LogP contribution in [0.2, 0.25) is 0 Å². The molecule has 0 aliphatic carbocycles. The van der Waals surface area contributed by atoms with Gasteiger partial charge in [-0.3, -0.25) is 9.59 Å². The van der Waals surface area contributed by atoms with E-state index in [9.17, 15) is 19.5 Å². The molecule has 2 aromatic heterocycles. The van der Waals surface area contributed by atoms with Gasteiger partial charge < -0.3 is 26.2 Å². The number of esters is 1.